The Balaban J connectivity index is 1.90. The first-order valence-corrected chi connectivity index (χ1v) is 7.13. The Bertz CT molecular complexity index is 720. The number of carboxylic acid groups (broad SMARTS) is 1. The van der Waals surface area contributed by atoms with Crippen molar-refractivity contribution in [2.24, 2.45) is 0 Å². The second-order valence-electron chi connectivity index (χ2n) is 4.66. The average molecular weight is 305 g/mol. The minimum absolute atomic E-state index is 0.339. The van der Waals surface area contributed by atoms with Gasteiger partial charge in [-0.2, -0.15) is 0 Å². The highest BCUT2D eigenvalue weighted by Gasteiger charge is 2.21. The van der Waals surface area contributed by atoms with E-state index in [-0.39, 0.29) is 5.56 Å². The van der Waals surface area contributed by atoms with Crippen molar-refractivity contribution in [3.8, 4) is 0 Å². The van der Waals surface area contributed by atoms with Crippen molar-refractivity contribution in [2.45, 2.75) is 19.3 Å². The number of aromatic nitrogens is 1. The molecule has 2 N–H and O–H groups in total. The van der Waals surface area contributed by atoms with Crippen molar-refractivity contribution in [1.82, 2.24) is 4.98 Å². The van der Waals surface area contributed by atoms with Gasteiger partial charge >= 0.3 is 5.97 Å². The summed E-state index contributed by atoms with van der Waals surface area (Å²) in [6.07, 6.45) is 3.11. The number of carboxylic acids is 1. The largest absolute Gasteiger partial charge is 0.477 e. The molecular weight excluding hydrogens is 294 g/mol. The third kappa shape index (κ3) is 2.57. The summed E-state index contributed by atoms with van der Waals surface area (Å²) in [5.74, 6) is -1.33. The van der Waals surface area contributed by atoms with Gasteiger partial charge in [0.25, 0.3) is 5.69 Å². The first-order chi connectivity index (χ1) is 10.0. The van der Waals surface area contributed by atoms with Crippen molar-refractivity contribution < 1.29 is 14.8 Å². The maximum atomic E-state index is 11.1. The van der Waals surface area contributed by atoms with Crippen LogP contribution in [-0.2, 0) is 12.8 Å². The fourth-order valence-electron chi connectivity index (χ4n) is 2.31. The lowest BCUT2D eigenvalue weighted by Gasteiger charge is -2.04. The van der Waals surface area contributed by atoms with Crippen molar-refractivity contribution in [3.05, 3.63) is 44.4 Å². The number of anilines is 2. The van der Waals surface area contributed by atoms with Crippen LogP contribution in [0.4, 0.5) is 16.5 Å². The van der Waals surface area contributed by atoms with Crippen LogP contribution in [0.3, 0.4) is 0 Å². The van der Waals surface area contributed by atoms with Gasteiger partial charge in [-0.3, -0.25) is 10.1 Å². The Kier molecular flexibility index (Phi) is 3.30. The molecule has 0 radical (unpaired) electrons. The van der Waals surface area contributed by atoms with E-state index in [2.05, 4.69) is 10.3 Å². The molecule has 0 bridgehead atoms. The predicted molar refractivity (Wildman–Crippen MR) is 77.5 cm³/mol. The van der Waals surface area contributed by atoms with E-state index in [1.54, 1.807) is 0 Å². The molecule has 21 heavy (non-hydrogen) atoms. The van der Waals surface area contributed by atoms with Crippen molar-refractivity contribution in [1.29, 1.82) is 0 Å². The maximum absolute atomic E-state index is 11.1. The number of hydrogen-bond acceptors (Lipinski definition) is 6. The summed E-state index contributed by atoms with van der Waals surface area (Å²) in [5, 5.41) is 23.6. The highest BCUT2D eigenvalue weighted by Crippen LogP contribution is 2.33. The van der Waals surface area contributed by atoms with Crippen molar-refractivity contribution in [3.63, 3.8) is 0 Å². The Hall–Kier alpha value is -2.48. The smallest absolute Gasteiger partial charge is 0.342 e. The van der Waals surface area contributed by atoms with E-state index in [1.807, 2.05) is 0 Å². The third-order valence-electron chi connectivity index (χ3n) is 3.27. The molecule has 1 aliphatic rings. The molecular formula is C13H11N3O4S. The van der Waals surface area contributed by atoms with E-state index in [4.69, 9.17) is 5.11 Å². The standard InChI is InChI=1S/C13H11N3O4S/c17-12(18)8-6-7(4-5-10(8)16(19)20)14-13-15-9-2-1-3-11(9)21-13/h4-6H,1-3H2,(H,14,15)(H,17,18). The highest BCUT2D eigenvalue weighted by atomic mass is 32.1. The van der Waals surface area contributed by atoms with Gasteiger partial charge in [0, 0.05) is 16.6 Å². The number of carbonyl (C=O) groups is 1. The lowest BCUT2D eigenvalue weighted by molar-refractivity contribution is -0.385. The van der Waals surface area contributed by atoms with Crippen LogP contribution in [0.2, 0.25) is 0 Å². The number of aromatic carboxylic acids is 1. The van der Waals surface area contributed by atoms with Crippen LogP contribution < -0.4 is 5.32 Å². The summed E-state index contributed by atoms with van der Waals surface area (Å²) in [5.41, 5.74) is 0.803. The Morgan fingerprint density at radius 3 is 2.90 bits per heavy atom. The van der Waals surface area contributed by atoms with Gasteiger partial charge in [-0.1, -0.05) is 0 Å². The van der Waals surface area contributed by atoms with Crippen LogP contribution in [0.15, 0.2) is 18.2 Å². The minimum Gasteiger partial charge on any atom is -0.477 e. The molecule has 1 aliphatic carbocycles. The molecule has 8 heteroatoms. The fourth-order valence-corrected chi connectivity index (χ4v) is 3.38. The van der Waals surface area contributed by atoms with Gasteiger partial charge < -0.3 is 10.4 Å². The van der Waals surface area contributed by atoms with Crippen LogP contribution in [0.25, 0.3) is 0 Å². The zero-order chi connectivity index (χ0) is 15.0. The topological polar surface area (TPSA) is 105 Å². The number of nitrogens with one attached hydrogen (secondary N) is 1. The molecule has 0 saturated heterocycles. The first kappa shape index (κ1) is 13.5. The molecule has 0 aliphatic heterocycles. The Morgan fingerprint density at radius 2 is 2.24 bits per heavy atom. The van der Waals surface area contributed by atoms with Crippen molar-refractivity contribution >= 4 is 33.8 Å². The molecule has 0 fully saturated rings. The van der Waals surface area contributed by atoms with Gasteiger partial charge in [-0.25, -0.2) is 9.78 Å². The molecule has 2 aromatic rings. The second kappa shape index (κ2) is 5.13. The number of nitro groups is 1. The van der Waals surface area contributed by atoms with Gasteiger partial charge in [0.05, 0.1) is 10.6 Å². The molecule has 0 amide bonds. The fraction of sp³-hybridized carbons (Fsp3) is 0.231. The van der Waals surface area contributed by atoms with Crippen LogP contribution in [0, 0.1) is 10.1 Å². The summed E-state index contributed by atoms with van der Waals surface area (Å²) in [6.45, 7) is 0. The minimum atomic E-state index is -1.33. The number of benzene rings is 1. The molecule has 0 atom stereocenters. The molecule has 1 aromatic heterocycles. The van der Waals surface area contributed by atoms with E-state index in [0.29, 0.717) is 10.8 Å². The number of nitrogens with zero attached hydrogens (tertiary/aromatic N) is 2. The summed E-state index contributed by atoms with van der Waals surface area (Å²) < 4.78 is 0. The molecule has 0 spiro atoms. The van der Waals surface area contributed by atoms with E-state index in [9.17, 15) is 14.9 Å². The van der Waals surface area contributed by atoms with Gasteiger partial charge in [0.15, 0.2) is 5.13 Å². The number of rotatable bonds is 4. The van der Waals surface area contributed by atoms with Gasteiger partial charge in [0.2, 0.25) is 0 Å². The summed E-state index contributed by atoms with van der Waals surface area (Å²) >= 11 is 1.54. The van der Waals surface area contributed by atoms with E-state index < -0.39 is 16.6 Å². The van der Waals surface area contributed by atoms with E-state index >= 15 is 0 Å². The number of thiazole rings is 1. The number of hydrogen-bond donors (Lipinski definition) is 2. The third-order valence-corrected chi connectivity index (χ3v) is 4.34. The maximum Gasteiger partial charge on any atom is 0.342 e. The Labute approximate surface area is 123 Å². The normalized spacial score (nSPS) is 13.0. The lowest BCUT2D eigenvalue weighted by atomic mass is 10.1. The van der Waals surface area contributed by atoms with Crippen LogP contribution in [0.1, 0.15) is 27.3 Å². The molecule has 3 rings (SSSR count). The van der Waals surface area contributed by atoms with E-state index in [1.165, 1.54) is 34.4 Å². The lowest BCUT2D eigenvalue weighted by Crippen LogP contribution is -2.03. The van der Waals surface area contributed by atoms with Gasteiger partial charge in [-0.05, 0) is 31.4 Å². The molecule has 0 unspecified atom stereocenters. The Morgan fingerprint density at radius 1 is 1.43 bits per heavy atom. The summed E-state index contributed by atoms with van der Waals surface area (Å²) in [6, 6.07) is 3.93. The molecule has 0 saturated carbocycles. The van der Waals surface area contributed by atoms with Crippen LogP contribution >= 0.6 is 11.3 Å². The molecule has 7 nitrogen and oxygen atoms in total. The monoisotopic (exact) mass is 305 g/mol. The molecule has 108 valence electrons. The molecule has 1 heterocycles. The van der Waals surface area contributed by atoms with Crippen molar-refractivity contribution in [2.75, 3.05) is 5.32 Å². The van der Waals surface area contributed by atoms with Gasteiger partial charge in [-0.15, -0.1) is 11.3 Å². The summed E-state index contributed by atoms with van der Waals surface area (Å²) in [4.78, 5) is 26.9. The number of fused-ring (bicyclic) bond motifs is 1. The van der Waals surface area contributed by atoms with Crippen LogP contribution in [0.5, 0.6) is 0 Å². The SMILES string of the molecule is O=C(O)c1cc(Nc2nc3c(s2)CCC3)ccc1[N+](=O)[O-]. The van der Waals surface area contributed by atoms with Gasteiger partial charge in [0.1, 0.15) is 5.56 Å². The first-order valence-electron chi connectivity index (χ1n) is 6.32. The second-order valence-corrected chi connectivity index (χ2v) is 5.75. The highest BCUT2D eigenvalue weighted by molar-refractivity contribution is 7.15. The quantitative estimate of drug-likeness (QED) is 0.664. The zero-order valence-corrected chi connectivity index (χ0v) is 11.6. The number of nitro benzene ring substituents is 1. The van der Waals surface area contributed by atoms with E-state index in [0.717, 1.165) is 25.0 Å². The summed E-state index contributed by atoms with van der Waals surface area (Å²) in [7, 11) is 0. The van der Waals surface area contributed by atoms with Crippen LogP contribution in [-0.4, -0.2) is 21.0 Å². The average Bonchev–Trinajstić information content (AvgIpc) is 2.99. The zero-order valence-electron chi connectivity index (χ0n) is 10.8. The number of aryl methyl sites for hydroxylation is 2. The predicted octanol–water partition coefficient (Wildman–Crippen LogP) is 2.98. The molecule has 1 aromatic carbocycles.